The van der Waals surface area contributed by atoms with E-state index in [0.29, 0.717) is 19.8 Å². The third-order valence-corrected chi connectivity index (χ3v) is 2.62. The molecule has 0 saturated heterocycles. The highest BCUT2D eigenvalue weighted by atomic mass is 16.5. The van der Waals surface area contributed by atoms with Crippen LogP contribution in [0.2, 0.25) is 0 Å². The average molecular weight is 217 g/mol. The van der Waals surface area contributed by atoms with Crippen molar-refractivity contribution in [2.45, 2.75) is 12.8 Å². The van der Waals surface area contributed by atoms with Gasteiger partial charge in [0, 0.05) is 19.1 Å². The molecule has 0 heterocycles. The molecule has 1 aliphatic rings. The molecule has 1 rings (SSSR count). The molecule has 0 radical (unpaired) electrons. The van der Waals surface area contributed by atoms with Crippen LogP contribution in [0.5, 0.6) is 0 Å². The smallest absolute Gasteiger partial charge is 0.246 e. The first-order chi connectivity index (χ1) is 7.22. The lowest BCUT2D eigenvalue weighted by Crippen LogP contribution is -2.34. The van der Waals surface area contributed by atoms with Gasteiger partial charge in [0.05, 0.1) is 19.8 Å². The normalized spacial score (nSPS) is 17.5. The molecule has 0 bridgehead atoms. The van der Waals surface area contributed by atoms with Gasteiger partial charge in [0.15, 0.2) is 0 Å². The quantitative estimate of drug-likeness (QED) is 0.540. The second-order valence-corrected chi connectivity index (χ2v) is 3.98. The first-order valence-electron chi connectivity index (χ1n) is 5.17. The number of nitrogens with one attached hydrogen (secondary N) is 1. The monoisotopic (exact) mass is 217 g/mol. The fourth-order valence-electron chi connectivity index (χ4n) is 1.21. The number of rotatable bonds is 8. The van der Waals surface area contributed by atoms with Gasteiger partial charge in [-0.15, -0.1) is 0 Å². The van der Waals surface area contributed by atoms with Crippen molar-refractivity contribution < 1.29 is 19.4 Å². The molecule has 5 nitrogen and oxygen atoms in total. The molecular formula is C10H19NO4. The van der Waals surface area contributed by atoms with E-state index in [9.17, 15) is 4.79 Å². The van der Waals surface area contributed by atoms with Crippen LogP contribution in [-0.4, -0.2) is 51.1 Å². The number of methoxy groups -OCH3 is 1. The van der Waals surface area contributed by atoms with Gasteiger partial charge < -0.3 is 19.9 Å². The van der Waals surface area contributed by atoms with Gasteiger partial charge in [0.25, 0.3) is 0 Å². The molecule has 1 aliphatic carbocycles. The summed E-state index contributed by atoms with van der Waals surface area (Å²) in [6.45, 7) is 1.68. The maximum absolute atomic E-state index is 11.2. The first kappa shape index (κ1) is 12.4. The minimum Gasteiger partial charge on any atom is -0.396 e. The molecule has 2 N–H and O–H groups in total. The summed E-state index contributed by atoms with van der Waals surface area (Å²) >= 11 is 0. The molecule has 1 saturated carbocycles. The number of hydrogen-bond donors (Lipinski definition) is 2. The number of aliphatic hydroxyl groups excluding tert-OH is 1. The number of hydrogen-bond acceptors (Lipinski definition) is 4. The van der Waals surface area contributed by atoms with Crippen molar-refractivity contribution in [1.82, 2.24) is 5.32 Å². The van der Waals surface area contributed by atoms with Crippen LogP contribution in [0.25, 0.3) is 0 Å². The van der Waals surface area contributed by atoms with E-state index in [-0.39, 0.29) is 24.5 Å². The first-order valence-corrected chi connectivity index (χ1v) is 5.17. The zero-order valence-electron chi connectivity index (χ0n) is 9.12. The molecule has 0 unspecified atom stereocenters. The Hall–Kier alpha value is -0.650. The van der Waals surface area contributed by atoms with Gasteiger partial charge in [0.2, 0.25) is 5.91 Å². The topological polar surface area (TPSA) is 67.8 Å². The average Bonchev–Trinajstić information content (AvgIpc) is 3.02. The highest BCUT2D eigenvalue weighted by molar-refractivity contribution is 5.77. The molecule has 0 aromatic rings. The van der Waals surface area contributed by atoms with Gasteiger partial charge in [0.1, 0.15) is 6.61 Å². The summed E-state index contributed by atoms with van der Waals surface area (Å²) in [5, 5.41) is 11.8. The minimum atomic E-state index is -0.133. The molecule has 1 amide bonds. The molecule has 0 aliphatic heterocycles. The van der Waals surface area contributed by atoms with Crippen molar-refractivity contribution >= 4 is 5.91 Å². The maximum Gasteiger partial charge on any atom is 0.246 e. The molecule has 0 spiro atoms. The number of carbonyl (C=O) groups is 1. The highest BCUT2D eigenvalue weighted by Gasteiger charge is 2.41. The Morgan fingerprint density at radius 2 is 2.20 bits per heavy atom. The number of carbonyl (C=O) groups excluding carboxylic acids is 1. The largest absolute Gasteiger partial charge is 0.396 e. The summed E-state index contributed by atoms with van der Waals surface area (Å²) in [7, 11) is 1.58. The Bertz CT molecular complexity index is 204. The zero-order valence-corrected chi connectivity index (χ0v) is 9.12. The van der Waals surface area contributed by atoms with Crippen LogP contribution in [0.15, 0.2) is 0 Å². The van der Waals surface area contributed by atoms with Crippen molar-refractivity contribution in [1.29, 1.82) is 0 Å². The predicted molar refractivity (Wildman–Crippen MR) is 54.5 cm³/mol. The van der Waals surface area contributed by atoms with E-state index in [2.05, 4.69) is 5.32 Å². The summed E-state index contributed by atoms with van der Waals surface area (Å²) in [6.07, 6.45) is 1.99. The lowest BCUT2D eigenvalue weighted by molar-refractivity contribution is -0.126. The van der Waals surface area contributed by atoms with Crippen LogP contribution in [0.4, 0.5) is 0 Å². The van der Waals surface area contributed by atoms with E-state index in [1.165, 1.54) is 0 Å². The Balaban J connectivity index is 1.99. The summed E-state index contributed by atoms with van der Waals surface area (Å²) in [4.78, 5) is 11.2. The lowest BCUT2D eigenvalue weighted by atomic mass is 10.1. The van der Waals surface area contributed by atoms with Crippen molar-refractivity contribution in [3.8, 4) is 0 Å². The summed E-state index contributed by atoms with van der Waals surface area (Å²) < 4.78 is 9.83. The van der Waals surface area contributed by atoms with E-state index in [1.54, 1.807) is 7.11 Å². The molecular weight excluding hydrogens is 198 g/mol. The third-order valence-electron chi connectivity index (χ3n) is 2.62. The van der Waals surface area contributed by atoms with E-state index in [0.717, 1.165) is 12.8 Å². The van der Waals surface area contributed by atoms with Gasteiger partial charge in [-0.3, -0.25) is 4.79 Å². The molecule has 88 valence electrons. The van der Waals surface area contributed by atoms with Crippen LogP contribution >= 0.6 is 0 Å². The Labute approximate surface area is 89.8 Å². The number of ether oxygens (including phenoxy) is 2. The van der Waals surface area contributed by atoms with E-state index < -0.39 is 0 Å². The molecule has 5 heteroatoms. The van der Waals surface area contributed by atoms with Gasteiger partial charge in [-0.05, 0) is 12.8 Å². The van der Waals surface area contributed by atoms with Gasteiger partial charge in [-0.1, -0.05) is 0 Å². The Morgan fingerprint density at radius 1 is 1.47 bits per heavy atom. The maximum atomic E-state index is 11.2. The number of aliphatic hydroxyl groups is 1. The predicted octanol–water partition coefficient (Wildman–Crippen LogP) is -0.462. The summed E-state index contributed by atoms with van der Waals surface area (Å²) in [5.74, 6) is -0.133. The van der Waals surface area contributed by atoms with E-state index in [1.807, 2.05) is 0 Å². The molecule has 0 atom stereocenters. The minimum absolute atomic E-state index is 0.0395. The number of amides is 1. The Kier molecular flexibility index (Phi) is 5.01. The van der Waals surface area contributed by atoms with Crippen LogP contribution in [0.1, 0.15) is 12.8 Å². The van der Waals surface area contributed by atoms with Crippen molar-refractivity contribution in [3.05, 3.63) is 0 Å². The standard InChI is InChI=1S/C10H19NO4/c1-14-4-5-15-6-9(13)11-7-10(8-12)2-3-10/h12H,2-8H2,1H3,(H,11,13). The molecule has 0 aromatic carbocycles. The second kappa shape index (κ2) is 6.05. The van der Waals surface area contributed by atoms with Gasteiger partial charge >= 0.3 is 0 Å². The van der Waals surface area contributed by atoms with Gasteiger partial charge in [-0.2, -0.15) is 0 Å². The zero-order chi connectivity index (χ0) is 11.1. The van der Waals surface area contributed by atoms with Crippen LogP contribution in [-0.2, 0) is 14.3 Å². The fraction of sp³-hybridized carbons (Fsp3) is 0.900. The fourth-order valence-corrected chi connectivity index (χ4v) is 1.21. The highest BCUT2D eigenvalue weighted by Crippen LogP contribution is 2.44. The second-order valence-electron chi connectivity index (χ2n) is 3.98. The van der Waals surface area contributed by atoms with Gasteiger partial charge in [-0.25, -0.2) is 0 Å². The molecule has 1 fully saturated rings. The Morgan fingerprint density at radius 3 is 2.73 bits per heavy atom. The lowest BCUT2D eigenvalue weighted by Gasteiger charge is -2.12. The SMILES string of the molecule is COCCOCC(=O)NCC1(CO)CC1. The van der Waals surface area contributed by atoms with Crippen LogP contribution in [0, 0.1) is 5.41 Å². The van der Waals surface area contributed by atoms with Crippen molar-refractivity contribution in [2.75, 3.05) is 40.1 Å². The summed E-state index contributed by atoms with van der Waals surface area (Å²) in [6, 6.07) is 0. The van der Waals surface area contributed by atoms with Crippen molar-refractivity contribution in [2.24, 2.45) is 5.41 Å². The van der Waals surface area contributed by atoms with Crippen LogP contribution < -0.4 is 5.32 Å². The molecule has 0 aromatic heterocycles. The summed E-state index contributed by atoms with van der Waals surface area (Å²) in [5.41, 5.74) is -0.0395. The van der Waals surface area contributed by atoms with Crippen molar-refractivity contribution in [3.63, 3.8) is 0 Å². The van der Waals surface area contributed by atoms with E-state index in [4.69, 9.17) is 14.6 Å². The molecule has 15 heavy (non-hydrogen) atoms. The van der Waals surface area contributed by atoms with Crippen LogP contribution in [0.3, 0.4) is 0 Å². The third kappa shape index (κ3) is 4.59. The van der Waals surface area contributed by atoms with E-state index >= 15 is 0 Å².